The van der Waals surface area contributed by atoms with E-state index in [0.717, 1.165) is 17.0 Å². The van der Waals surface area contributed by atoms with Gasteiger partial charge in [0.15, 0.2) is 0 Å². The standard InChI is InChI=1S/C13H16N2/c1-9(2)13(14)12-8-10-6-4-5-7-11(10)15(12)3/h4-8H,14H2,1-3H3. The maximum Gasteiger partial charge on any atom is 0.0648 e. The Labute approximate surface area is 90.0 Å². The number of rotatable bonds is 1. The molecule has 1 aromatic heterocycles. The Hall–Kier alpha value is -1.70. The van der Waals surface area contributed by atoms with Gasteiger partial charge < -0.3 is 10.3 Å². The Kier molecular flexibility index (Phi) is 2.27. The van der Waals surface area contributed by atoms with Crippen LogP contribution in [0.15, 0.2) is 35.9 Å². The predicted molar refractivity (Wildman–Crippen MR) is 65.4 cm³/mol. The summed E-state index contributed by atoms with van der Waals surface area (Å²) in [7, 11) is 2.05. The Morgan fingerprint density at radius 1 is 1.20 bits per heavy atom. The molecule has 0 radical (unpaired) electrons. The van der Waals surface area contributed by atoms with Crippen molar-refractivity contribution in [2.45, 2.75) is 13.8 Å². The summed E-state index contributed by atoms with van der Waals surface area (Å²) >= 11 is 0. The highest BCUT2D eigenvalue weighted by atomic mass is 15.0. The first-order valence-electron chi connectivity index (χ1n) is 5.09. The van der Waals surface area contributed by atoms with Crippen LogP contribution in [0.3, 0.4) is 0 Å². The molecule has 2 nitrogen and oxygen atoms in total. The van der Waals surface area contributed by atoms with E-state index in [1.54, 1.807) is 0 Å². The van der Waals surface area contributed by atoms with E-state index in [1.807, 2.05) is 33.0 Å². The van der Waals surface area contributed by atoms with E-state index in [-0.39, 0.29) is 0 Å². The molecule has 0 aliphatic heterocycles. The van der Waals surface area contributed by atoms with Crippen molar-refractivity contribution in [1.29, 1.82) is 0 Å². The lowest BCUT2D eigenvalue weighted by Crippen LogP contribution is -2.04. The molecule has 0 unspecified atom stereocenters. The number of aryl methyl sites for hydroxylation is 1. The Morgan fingerprint density at radius 3 is 2.47 bits per heavy atom. The number of para-hydroxylation sites is 1. The van der Waals surface area contributed by atoms with Crippen LogP contribution in [0.2, 0.25) is 0 Å². The van der Waals surface area contributed by atoms with Gasteiger partial charge in [-0.05, 0) is 26.0 Å². The average molecular weight is 200 g/mol. The minimum Gasteiger partial charge on any atom is -0.397 e. The number of nitrogens with zero attached hydrogens (tertiary/aromatic N) is 1. The molecule has 0 bridgehead atoms. The van der Waals surface area contributed by atoms with Gasteiger partial charge in [0.25, 0.3) is 0 Å². The smallest absolute Gasteiger partial charge is 0.0648 e. The summed E-state index contributed by atoms with van der Waals surface area (Å²) < 4.78 is 2.14. The van der Waals surface area contributed by atoms with Gasteiger partial charge in [-0.3, -0.25) is 0 Å². The number of allylic oxidation sites excluding steroid dienone is 1. The third kappa shape index (κ3) is 1.52. The molecular weight excluding hydrogens is 184 g/mol. The summed E-state index contributed by atoms with van der Waals surface area (Å²) in [5.74, 6) is 0. The minimum atomic E-state index is 0.869. The van der Waals surface area contributed by atoms with E-state index in [1.165, 1.54) is 10.9 Å². The molecule has 0 amide bonds. The lowest BCUT2D eigenvalue weighted by Gasteiger charge is -2.06. The van der Waals surface area contributed by atoms with Crippen molar-refractivity contribution in [3.63, 3.8) is 0 Å². The maximum absolute atomic E-state index is 6.06. The van der Waals surface area contributed by atoms with Crippen LogP contribution >= 0.6 is 0 Å². The summed E-state index contributed by atoms with van der Waals surface area (Å²) in [4.78, 5) is 0. The van der Waals surface area contributed by atoms with Crippen molar-refractivity contribution in [3.8, 4) is 0 Å². The summed E-state index contributed by atoms with van der Waals surface area (Å²) in [5, 5.41) is 1.24. The minimum absolute atomic E-state index is 0.869. The van der Waals surface area contributed by atoms with Gasteiger partial charge in [-0.25, -0.2) is 0 Å². The molecule has 2 rings (SSSR count). The fraction of sp³-hybridized carbons (Fsp3) is 0.231. The lowest BCUT2D eigenvalue weighted by molar-refractivity contribution is 0.941. The number of nitrogens with two attached hydrogens (primary N) is 1. The Balaban J connectivity index is 2.74. The number of benzene rings is 1. The quantitative estimate of drug-likeness (QED) is 0.754. The first-order chi connectivity index (χ1) is 7.11. The molecule has 15 heavy (non-hydrogen) atoms. The Morgan fingerprint density at radius 2 is 1.87 bits per heavy atom. The summed E-state index contributed by atoms with van der Waals surface area (Å²) in [5.41, 5.74) is 10.4. The summed E-state index contributed by atoms with van der Waals surface area (Å²) in [6.45, 7) is 4.07. The zero-order chi connectivity index (χ0) is 11.0. The molecule has 1 aromatic carbocycles. The van der Waals surface area contributed by atoms with Crippen molar-refractivity contribution in [1.82, 2.24) is 4.57 Å². The van der Waals surface area contributed by atoms with E-state index < -0.39 is 0 Å². The van der Waals surface area contributed by atoms with E-state index in [2.05, 4.69) is 22.8 Å². The SMILES string of the molecule is CC(C)=C(N)c1cc2ccccc2n1C. The third-order valence-corrected chi connectivity index (χ3v) is 2.77. The molecular formula is C13H16N2. The fourth-order valence-corrected chi connectivity index (χ4v) is 1.80. The van der Waals surface area contributed by atoms with Gasteiger partial charge in [0, 0.05) is 18.0 Å². The number of hydrogen-bond acceptors (Lipinski definition) is 1. The fourth-order valence-electron chi connectivity index (χ4n) is 1.80. The first-order valence-corrected chi connectivity index (χ1v) is 5.09. The van der Waals surface area contributed by atoms with Crippen LogP contribution in [0.1, 0.15) is 19.5 Å². The van der Waals surface area contributed by atoms with E-state index in [4.69, 9.17) is 5.73 Å². The highest BCUT2D eigenvalue weighted by molar-refractivity contribution is 5.85. The van der Waals surface area contributed by atoms with Crippen LogP contribution in [0, 0.1) is 0 Å². The average Bonchev–Trinajstić information content (AvgIpc) is 2.56. The maximum atomic E-state index is 6.06. The third-order valence-electron chi connectivity index (χ3n) is 2.77. The van der Waals surface area contributed by atoms with Crippen molar-refractivity contribution in [2.75, 3.05) is 0 Å². The van der Waals surface area contributed by atoms with Gasteiger partial charge in [0.1, 0.15) is 0 Å². The Bertz CT molecular complexity index is 528. The van der Waals surface area contributed by atoms with Gasteiger partial charge in [0.05, 0.1) is 11.4 Å². The van der Waals surface area contributed by atoms with Crippen LogP contribution in [-0.2, 0) is 7.05 Å². The van der Waals surface area contributed by atoms with Crippen molar-refractivity contribution >= 4 is 16.6 Å². The molecule has 0 aliphatic rings. The van der Waals surface area contributed by atoms with Gasteiger partial charge in [-0.15, -0.1) is 0 Å². The van der Waals surface area contributed by atoms with Crippen LogP contribution < -0.4 is 5.73 Å². The molecule has 0 fully saturated rings. The molecule has 2 N–H and O–H groups in total. The molecule has 0 aliphatic carbocycles. The topological polar surface area (TPSA) is 30.9 Å². The van der Waals surface area contributed by atoms with E-state index in [9.17, 15) is 0 Å². The number of hydrogen-bond donors (Lipinski definition) is 1. The zero-order valence-corrected chi connectivity index (χ0v) is 9.41. The summed E-state index contributed by atoms with van der Waals surface area (Å²) in [6.07, 6.45) is 0. The van der Waals surface area contributed by atoms with Gasteiger partial charge in [0.2, 0.25) is 0 Å². The molecule has 0 spiro atoms. The molecule has 2 aromatic rings. The highest BCUT2D eigenvalue weighted by Crippen LogP contribution is 2.22. The van der Waals surface area contributed by atoms with Crippen LogP contribution in [-0.4, -0.2) is 4.57 Å². The van der Waals surface area contributed by atoms with Crippen LogP contribution in [0.5, 0.6) is 0 Å². The molecule has 0 saturated carbocycles. The van der Waals surface area contributed by atoms with Gasteiger partial charge in [-0.2, -0.15) is 0 Å². The molecule has 0 saturated heterocycles. The normalized spacial score (nSPS) is 10.6. The van der Waals surface area contributed by atoms with Crippen molar-refractivity contribution < 1.29 is 0 Å². The van der Waals surface area contributed by atoms with Gasteiger partial charge in [-0.1, -0.05) is 23.8 Å². The number of fused-ring (bicyclic) bond motifs is 1. The van der Waals surface area contributed by atoms with E-state index in [0.29, 0.717) is 0 Å². The van der Waals surface area contributed by atoms with Crippen molar-refractivity contribution in [2.24, 2.45) is 12.8 Å². The second-order valence-electron chi connectivity index (χ2n) is 4.06. The molecule has 1 heterocycles. The van der Waals surface area contributed by atoms with Crippen LogP contribution in [0.4, 0.5) is 0 Å². The second-order valence-corrected chi connectivity index (χ2v) is 4.06. The predicted octanol–water partition coefficient (Wildman–Crippen LogP) is 2.89. The van der Waals surface area contributed by atoms with Gasteiger partial charge >= 0.3 is 0 Å². The first kappa shape index (κ1) is 9.84. The highest BCUT2D eigenvalue weighted by Gasteiger charge is 2.07. The monoisotopic (exact) mass is 200 g/mol. The number of aromatic nitrogens is 1. The molecule has 2 heteroatoms. The van der Waals surface area contributed by atoms with E-state index >= 15 is 0 Å². The zero-order valence-electron chi connectivity index (χ0n) is 9.41. The molecule has 78 valence electrons. The van der Waals surface area contributed by atoms with Crippen LogP contribution in [0.25, 0.3) is 16.6 Å². The summed E-state index contributed by atoms with van der Waals surface area (Å²) in [6, 6.07) is 10.4. The lowest BCUT2D eigenvalue weighted by atomic mass is 10.2. The largest absolute Gasteiger partial charge is 0.397 e. The van der Waals surface area contributed by atoms with Crippen molar-refractivity contribution in [3.05, 3.63) is 41.6 Å². The molecule has 0 atom stereocenters. The second kappa shape index (κ2) is 3.46.